The van der Waals surface area contributed by atoms with Crippen molar-refractivity contribution in [2.45, 2.75) is 44.1 Å². The molecule has 0 aliphatic heterocycles. The molecule has 4 nitrogen and oxygen atoms in total. The predicted octanol–water partition coefficient (Wildman–Crippen LogP) is 4.03. The number of aromatic nitrogens is 1. The topological polar surface area (TPSA) is 68.0 Å². The Bertz CT molecular complexity index is 741. The molecule has 0 spiro atoms. The number of halogens is 2. The Morgan fingerprint density at radius 2 is 2.04 bits per heavy atom. The van der Waals surface area contributed by atoms with Gasteiger partial charge in [0.1, 0.15) is 0 Å². The quantitative estimate of drug-likeness (QED) is 0.823. The maximum absolute atomic E-state index is 12.4. The maximum atomic E-state index is 12.4. The molecule has 1 aromatic carbocycles. The summed E-state index contributed by atoms with van der Waals surface area (Å²) in [6.45, 7) is 2.50. The van der Waals surface area contributed by atoms with Crippen LogP contribution in [0.15, 0.2) is 42.6 Å². The minimum Gasteiger partial charge on any atom is -0.349 e. The Balaban J connectivity index is 0.00000243. The van der Waals surface area contributed by atoms with Gasteiger partial charge < -0.3 is 11.1 Å². The number of nitrogens with zero attached hydrogens (tertiary/aromatic N) is 1. The second-order valence-electron chi connectivity index (χ2n) is 6.93. The van der Waals surface area contributed by atoms with E-state index in [0.717, 1.165) is 36.4 Å². The summed E-state index contributed by atoms with van der Waals surface area (Å²) in [6.07, 6.45) is 5.34. The third-order valence-corrected chi connectivity index (χ3v) is 5.51. The van der Waals surface area contributed by atoms with Crippen LogP contribution in [0.4, 0.5) is 0 Å². The molecule has 0 radical (unpaired) electrons. The van der Waals surface area contributed by atoms with Gasteiger partial charge in [-0.15, -0.1) is 12.4 Å². The Hall–Kier alpha value is -1.62. The van der Waals surface area contributed by atoms with Crippen molar-refractivity contribution < 1.29 is 4.79 Å². The molecule has 140 valence electrons. The molecule has 26 heavy (non-hydrogen) atoms. The molecule has 0 atom stereocenters. The molecular weight excluding hydrogens is 369 g/mol. The van der Waals surface area contributed by atoms with Gasteiger partial charge in [0.15, 0.2) is 0 Å². The number of hydrogen-bond acceptors (Lipinski definition) is 3. The summed E-state index contributed by atoms with van der Waals surface area (Å²) in [5.41, 5.74) is 8.81. The average molecular weight is 394 g/mol. The number of nitrogens with one attached hydrogen (secondary N) is 1. The van der Waals surface area contributed by atoms with Gasteiger partial charge >= 0.3 is 0 Å². The number of hydrogen-bond donors (Lipinski definition) is 2. The van der Waals surface area contributed by atoms with Crippen molar-refractivity contribution in [2.24, 2.45) is 5.73 Å². The molecule has 3 N–H and O–H groups in total. The van der Waals surface area contributed by atoms with E-state index >= 15 is 0 Å². The van der Waals surface area contributed by atoms with Gasteiger partial charge in [-0.25, -0.2) is 0 Å². The van der Waals surface area contributed by atoms with Crippen LogP contribution in [-0.2, 0) is 5.41 Å². The average Bonchev–Trinajstić information content (AvgIpc) is 2.63. The van der Waals surface area contributed by atoms with Crippen LogP contribution in [-0.4, -0.2) is 23.5 Å². The molecule has 0 unspecified atom stereocenters. The largest absolute Gasteiger partial charge is 0.349 e. The van der Waals surface area contributed by atoms with Crippen LogP contribution in [0.25, 0.3) is 0 Å². The summed E-state index contributed by atoms with van der Waals surface area (Å²) in [5, 5.41) is 3.88. The van der Waals surface area contributed by atoms with Gasteiger partial charge in [0.25, 0.3) is 5.91 Å². The van der Waals surface area contributed by atoms with Gasteiger partial charge in [-0.3, -0.25) is 9.78 Å². The summed E-state index contributed by atoms with van der Waals surface area (Å²) >= 11 is 6.16. The van der Waals surface area contributed by atoms with Crippen LogP contribution >= 0.6 is 24.0 Å². The molecule has 3 rings (SSSR count). The van der Waals surface area contributed by atoms with Crippen molar-refractivity contribution in [1.29, 1.82) is 0 Å². The fourth-order valence-electron chi connectivity index (χ4n) is 3.61. The highest BCUT2D eigenvalue weighted by molar-refractivity contribution is 6.30. The summed E-state index contributed by atoms with van der Waals surface area (Å²) in [5.74, 6) is -0.0551. The zero-order valence-corrected chi connectivity index (χ0v) is 16.4. The Morgan fingerprint density at radius 3 is 2.62 bits per heavy atom. The highest BCUT2D eigenvalue weighted by atomic mass is 35.5. The van der Waals surface area contributed by atoms with E-state index in [1.54, 1.807) is 6.20 Å². The molecule has 1 amide bonds. The zero-order chi connectivity index (χ0) is 17.9. The standard InChI is InChI=1S/C20H24ClN3O.ClH/c1-14-5-6-15(12-23-14)19(25)24-18-7-9-20(13-22,10-8-18)16-3-2-4-17(21)11-16;/h2-6,11-12,18H,7-10,13,22H2,1H3,(H,24,25);1H/t18-,20-;. The fraction of sp³-hybridized carbons (Fsp3) is 0.400. The molecule has 1 heterocycles. The first kappa shape index (κ1) is 20.7. The van der Waals surface area contributed by atoms with Gasteiger partial charge in [0.05, 0.1) is 5.56 Å². The molecule has 0 bridgehead atoms. The first-order chi connectivity index (χ1) is 12.0. The monoisotopic (exact) mass is 393 g/mol. The number of carbonyl (C=O) groups excluding carboxylic acids is 1. The molecule has 6 heteroatoms. The van der Waals surface area contributed by atoms with Crippen molar-refractivity contribution in [3.05, 3.63) is 64.4 Å². The lowest BCUT2D eigenvalue weighted by Crippen LogP contribution is -2.45. The second-order valence-corrected chi connectivity index (χ2v) is 7.37. The molecule has 1 fully saturated rings. The van der Waals surface area contributed by atoms with Crippen LogP contribution in [0.1, 0.15) is 47.3 Å². The van der Waals surface area contributed by atoms with Crippen molar-refractivity contribution in [1.82, 2.24) is 10.3 Å². The second kappa shape index (κ2) is 8.85. The van der Waals surface area contributed by atoms with Gasteiger partial charge in [0.2, 0.25) is 0 Å². The summed E-state index contributed by atoms with van der Waals surface area (Å²) < 4.78 is 0. The molecule has 0 saturated heterocycles. The third kappa shape index (κ3) is 4.56. The molecule has 1 aromatic heterocycles. The number of aryl methyl sites for hydroxylation is 1. The number of pyridine rings is 1. The molecule has 1 saturated carbocycles. The predicted molar refractivity (Wildman–Crippen MR) is 108 cm³/mol. The van der Waals surface area contributed by atoms with Gasteiger partial charge in [-0.2, -0.15) is 0 Å². The molecular formula is C20H25Cl2N3O. The van der Waals surface area contributed by atoms with Crippen LogP contribution < -0.4 is 11.1 Å². The fourth-order valence-corrected chi connectivity index (χ4v) is 3.80. The third-order valence-electron chi connectivity index (χ3n) is 5.28. The van der Waals surface area contributed by atoms with E-state index in [1.807, 2.05) is 37.3 Å². The zero-order valence-electron chi connectivity index (χ0n) is 14.9. The Kier molecular flexibility index (Phi) is 7.04. The van der Waals surface area contributed by atoms with Crippen LogP contribution in [0.5, 0.6) is 0 Å². The smallest absolute Gasteiger partial charge is 0.253 e. The lowest BCUT2D eigenvalue weighted by atomic mass is 9.68. The number of nitrogens with two attached hydrogens (primary N) is 1. The summed E-state index contributed by atoms with van der Waals surface area (Å²) in [6, 6.07) is 11.8. The van der Waals surface area contributed by atoms with Crippen molar-refractivity contribution in [3.63, 3.8) is 0 Å². The number of amides is 1. The van der Waals surface area contributed by atoms with E-state index < -0.39 is 0 Å². The van der Waals surface area contributed by atoms with E-state index in [0.29, 0.717) is 12.1 Å². The highest BCUT2D eigenvalue weighted by Crippen LogP contribution is 2.39. The summed E-state index contributed by atoms with van der Waals surface area (Å²) in [4.78, 5) is 16.6. The van der Waals surface area contributed by atoms with Gasteiger partial charge in [0, 0.05) is 34.9 Å². The van der Waals surface area contributed by atoms with E-state index in [9.17, 15) is 4.79 Å². The SMILES string of the molecule is Cc1ccc(C(=O)N[C@H]2CC[C@](CN)(c3cccc(Cl)c3)CC2)cn1.Cl. The van der Waals surface area contributed by atoms with Crippen LogP contribution in [0.2, 0.25) is 5.02 Å². The van der Waals surface area contributed by atoms with E-state index in [-0.39, 0.29) is 29.8 Å². The van der Waals surface area contributed by atoms with E-state index in [2.05, 4.69) is 16.4 Å². The highest BCUT2D eigenvalue weighted by Gasteiger charge is 2.36. The lowest BCUT2D eigenvalue weighted by Gasteiger charge is -2.40. The first-order valence-corrected chi connectivity index (χ1v) is 9.10. The lowest BCUT2D eigenvalue weighted by molar-refractivity contribution is 0.0917. The molecule has 2 aromatic rings. The molecule has 1 aliphatic carbocycles. The van der Waals surface area contributed by atoms with E-state index in [1.165, 1.54) is 5.56 Å². The summed E-state index contributed by atoms with van der Waals surface area (Å²) in [7, 11) is 0. The first-order valence-electron chi connectivity index (χ1n) is 8.72. The van der Waals surface area contributed by atoms with Crippen molar-refractivity contribution in [3.8, 4) is 0 Å². The van der Waals surface area contributed by atoms with Crippen LogP contribution in [0, 0.1) is 6.92 Å². The minimum atomic E-state index is -0.0551. The van der Waals surface area contributed by atoms with Gasteiger partial charge in [-0.1, -0.05) is 23.7 Å². The Morgan fingerprint density at radius 1 is 1.31 bits per heavy atom. The normalized spacial score (nSPS) is 22.3. The van der Waals surface area contributed by atoms with Crippen LogP contribution in [0.3, 0.4) is 0 Å². The molecule has 1 aliphatic rings. The Labute approximate surface area is 165 Å². The van der Waals surface area contributed by atoms with Gasteiger partial charge in [-0.05, 0) is 62.4 Å². The minimum absolute atomic E-state index is 0. The van der Waals surface area contributed by atoms with Crippen molar-refractivity contribution >= 4 is 29.9 Å². The van der Waals surface area contributed by atoms with E-state index in [4.69, 9.17) is 17.3 Å². The number of benzene rings is 1. The van der Waals surface area contributed by atoms with Crippen molar-refractivity contribution in [2.75, 3.05) is 6.54 Å². The number of rotatable bonds is 4. The maximum Gasteiger partial charge on any atom is 0.253 e. The number of carbonyl (C=O) groups is 1.